The number of benzene rings is 1. The van der Waals surface area contributed by atoms with Crippen LogP contribution in [0.1, 0.15) is 5.56 Å². The van der Waals surface area contributed by atoms with Gasteiger partial charge in [-0.3, -0.25) is 14.9 Å². The van der Waals surface area contributed by atoms with Gasteiger partial charge in [0.05, 0.1) is 22.7 Å². The fraction of sp³-hybridized carbons (Fsp3) is 0.231. The van der Waals surface area contributed by atoms with E-state index in [1.54, 1.807) is 0 Å². The molecule has 0 aliphatic carbocycles. The molecule has 0 spiro atoms. The van der Waals surface area contributed by atoms with Crippen molar-refractivity contribution in [2.75, 3.05) is 18.4 Å². The first kappa shape index (κ1) is 16.0. The number of nitro groups is 1. The van der Waals surface area contributed by atoms with Crippen LogP contribution in [-0.2, 0) is 4.79 Å². The third kappa shape index (κ3) is 4.21. The zero-order chi connectivity index (χ0) is 16.0. The lowest BCUT2D eigenvalue weighted by Crippen LogP contribution is -2.39. The lowest BCUT2D eigenvalue weighted by atomic mass is 10.1. The van der Waals surface area contributed by atoms with E-state index in [4.69, 9.17) is 11.5 Å². The predicted octanol–water partition coefficient (Wildman–Crippen LogP) is 1.45. The zero-order valence-corrected chi connectivity index (χ0v) is 11.2. The van der Waals surface area contributed by atoms with E-state index >= 15 is 0 Å². The van der Waals surface area contributed by atoms with E-state index in [-0.39, 0.29) is 23.5 Å². The molecule has 0 radical (unpaired) electrons. The summed E-state index contributed by atoms with van der Waals surface area (Å²) < 4.78 is 0. The molecule has 1 aromatic carbocycles. The molecule has 0 atom stereocenters. The number of carbonyl (C=O) groups excluding carboxylic acids is 1. The van der Waals surface area contributed by atoms with Crippen LogP contribution in [0.15, 0.2) is 18.2 Å². The number of urea groups is 1. The summed E-state index contributed by atoms with van der Waals surface area (Å²) in [5, 5.41) is 22.0. The number of nitro benzene ring substituents is 1. The number of rotatable bonds is 5. The number of amides is 2. The quantitative estimate of drug-likeness (QED) is 0.484. The Kier molecular flexibility index (Phi) is 5.25. The van der Waals surface area contributed by atoms with Crippen LogP contribution in [0.2, 0.25) is 0 Å². The molecule has 2 N–H and O–H groups in total. The number of carboxylic acid groups (broad SMARTS) is 1. The molecule has 0 fully saturated rings. The highest BCUT2D eigenvalue weighted by atomic mass is 16.6. The molecule has 1 rings (SSSR count). The van der Waals surface area contributed by atoms with Gasteiger partial charge in [-0.05, 0) is 13.0 Å². The number of hydrogen-bond acceptors (Lipinski definition) is 4. The molecule has 8 nitrogen and oxygen atoms in total. The molecule has 2 amide bonds. The number of aliphatic carboxylic acids is 1. The highest BCUT2D eigenvalue weighted by Crippen LogP contribution is 2.25. The summed E-state index contributed by atoms with van der Waals surface area (Å²) in [4.78, 5) is 33.8. The highest BCUT2D eigenvalue weighted by molar-refractivity contribution is 5.92. The van der Waals surface area contributed by atoms with E-state index in [1.165, 1.54) is 25.1 Å². The molecular formula is C13H13N3O5. The Balaban J connectivity index is 2.96. The van der Waals surface area contributed by atoms with Crippen molar-refractivity contribution in [2.45, 2.75) is 6.92 Å². The van der Waals surface area contributed by atoms with Gasteiger partial charge in [-0.1, -0.05) is 12.0 Å². The van der Waals surface area contributed by atoms with Crippen molar-refractivity contribution in [1.82, 2.24) is 4.90 Å². The zero-order valence-electron chi connectivity index (χ0n) is 11.2. The van der Waals surface area contributed by atoms with Gasteiger partial charge in [-0.25, -0.2) is 4.79 Å². The van der Waals surface area contributed by atoms with Crippen LogP contribution in [0.5, 0.6) is 0 Å². The van der Waals surface area contributed by atoms with E-state index in [0.29, 0.717) is 0 Å². The van der Waals surface area contributed by atoms with Crippen molar-refractivity contribution < 1.29 is 19.6 Å². The lowest BCUT2D eigenvalue weighted by molar-refractivity contribution is -0.385. The van der Waals surface area contributed by atoms with E-state index in [1.807, 2.05) is 0 Å². The van der Waals surface area contributed by atoms with Crippen molar-refractivity contribution in [3.05, 3.63) is 33.9 Å². The largest absolute Gasteiger partial charge is 0.480 e. The van der Waals surface area contributed by atoms with Crippen molar-refractivity contribution in [1.29, 1.82) is 0 Å². The van der Waals surface area contributed by atoms with E-state index in [0.717, 1.165) is 4.90 Å². The number of carboxylic acids is 1. The minimum Gasteiger partial charge on any atom is -0.480 e. The Hall–Kier alpha value is -3.08. The molecule has 21 heavy (non-hydrogen) atoms. The molecule has 0 saturated carbocycles. The number of nitrogens with one attached hydrogen (secondary N) is 1. The SMILES string of the molecule is C#CCN(CC(=O)O)C(=O)Nc1cccc([N+](=O)[O-])c1C. The Morgan fingerprint density at radius 3 is 2.71 bits per heavy atom. The summed E-state index contributed by atoms with van der Waals surface area (Å²) in [7, 11) is 0. The maximum atomic E-state index is 12.0. The monoisotopic (exact) mass is 291 g/mol. The third-order valence-corrected chi connectivity index (χ3v) is 2.64. The first-order chi connectivity index (χ1) is 9.86. The number of anilines is 1. The molecule has 0 saturated heterocycles. The van der Waals surface area contributed by atoms with Crippen LogP contribution in [0.3, 0.4) is 0 Å². The maximum Gasteiger partial charge on any atom is 0.323 e. The Bertz CT molecular complexity index is 621. The van der Waals surface area contributed by atoms with Crippen LogP contribution >= 0.6 is 0 Å². The van der Waals surface area contributed by atoms with Crippen LogP contribution in [0.25, 0.3) is 0 Å². The molecule has 0 aromatic heterocycles. The fourth-order valence-corrected chi connectivity index (χ4v) is 1.62. The second kappa shape index (κ2) is 6.91. The van der Waals surface area contributed by atoms with Gasteiger partial charge in [0, 0.05) is 6.07 Å². The third-order valence-electron chi connectivity index (χ3n) is 2.64. The first-order valence-corrected chi connectivity index (χ1v) is 5.82. The summed E-state index contributed by atoms with van der Waals surface area (Å²) in [6.07, 6.45) is 5.08. The molecule has 0 heterocycles. The molecular weight excluding hydrogens is 278 g/mol. The van der Waals surface area contributed by atoms with Crippen molar-refractivity contribution >= 4 is 23.4 Å². The van der Waals surface area contributed by atoms with Crippen LogP contribution < -0.4 is 5.32 Å². The molecule has 8 heteroatoms. The normalized spacial score (nSPS) is 9.52. The summed E-state index contributed by atoms with van der Waals surface area (Å²) in [5.74, 6) is 0.966. The van der Waals surface area contributed by atoms with E-state index in [2.05, 4.69) is 11.2 Å². The Labute approximate surface area is 120 Å². The Morgan fingerprint density at radius 1 is 1.52 bits per heavy atom. The van der Waals surface area contributed by atoms with Gasteiger partial charge in [0.15, 0.2) is 0 Å². The second-order valence-corrected chi connectivity index (χ2v) is 4.09. The summed E-state index contributed by atoms with van der Waals surface area (Å²) in [6.45, 7) is 0.729. The average Bonchev–Trinajstić information content (AvgIpc) is 2.39. The number of terminal acetylenes is 1. The van der Waals surface area contributed by atoms with Crippen molar-refractivity contribution in [3.8, 4) is 12.3 Å². The number of hydrogen-bond donors (Lipinski definition) is 2. The van der Waals surface area contributed by atoms with E-state index in [9.17, 15) is 19.7 Å². The van der Waals surface area contributed by atoms with Gasteiger partial charge in [0.2, 0.25) is 0 Å². The lowest BCUT2D eigenvalue weighted by Gasteiger charge is -2.19. The topological polar surface area (TPSA) is 113 Å². The number of carbonyl (C=O) groups is 2. The fourth-order valence-electron chi connectivity index (χ4n) is 1.62. The molecule has 1 aromatic rings. The van der Waals surface area contributed by atoms with Crippen molar-refractivity contribution in [2.24, 2.45) is 0 Å². The molecule has 110 valence electrons. The van der Waals surface area contributed by atoms with Crippen LogP contribution in [0, 0.1) is 29.4 Å². The summed E-state index contributed by atoms with van der Waals surface area (Å²) in [6, 6.07) is 3.47. The molecule has 0 aliphatic rings. The van der Waals surface area contributed by atoms with Gasteiger partial charge < -0.3 is 15.3 Å². The minimum atomic E-state index is -1.21. The standard InChI is InChI=1S/C13H13N3O5/c1-3-7-15(8-12(17)18)13(19)14-10-5-4-6-11(9(10)2)16(20)21/h1,4-6H,7-8H2,2H3,(H,14,19)(H,17,18). The van der Waals surface area contributed by atoms with Gasteiger partial charge in [0.1, 0.15) is 6.54 Å². The minimum absolute atomic E-state index is 0.144. The second-order valence-electron chi connectivity index (χ2n) is 4.09. The van der Waals surface area contributed by atoms with Gasteiger partial charge in [-0.15, -0.1) is 6.42 Å². The van der Waals surface area contributed by atoms with Gasteiger partial charge in [-0.2, -0.15) is 0 Å². The molecule has 0 bridgehead atoms. The Morgan fingerprint density at radius 2 is 2.19 bits per heavy atom. The first-order valence-electron chi connectivity index (χ1n) is 5.82. The molecule has 0 unspecified atom stereocenters. The van der Waals surface area contributed by atoms with Gasteiger partial charge >= 0.3 is 12.0 Å². The number of nitrogens with zero attached hydrogens (tertiary/aromatic N) is 2. The smallest absolute Gasteiger partial charge is 0.323 e. The maximum absolute atomic E-state index is 12.0. The van der Waals surface area contributed by atoms with Gasteiger partial charge in [0.25, 0.3) is 5.69 Å². The highest BCUT2D eigenvalue weighted by Gasteiger charge is 2.19. The predicted molar refractivity (Wildman–Crippen MR) is 74.9 cm³/mol. The van der Waals surface area contributed by atoms with Crippen molar-refractivity contribution in [3.63, 3.8) is 0 Å². The summed E-state index contributed by atoms with van der Waals surface area (Å²) >= 11 is 0. The van der Waals surface area contributed by atoms with Crippen LogP contribution in [-0.4, -0.2) is 40.0 Å². The average molecular weight is 291 g/mol. The van der Waals surface area contributed by atoms with Crippen LogP contribution in [0.4, 0.5) is 16.2 Å². The van der Waals surface area contributed by atoms with E-state index < -0.39 is 23.5 Å². The summed E-state index contributed by atoms with van der Waals surface area (Å²) in [5.41, 5.74) is 0.350. The molecule has 0 aliphatic heterocycles.